The van der Waals surface area contributed by atoms with Crippen molar-refractivity contribution < 1.29 is 14.2 Å². The fourth-order valence-electron chi connectivity index (χ4n) is 7.45. The van der Waals surface area contributed by atoms with Gasteiger partial charge in [-0.2, -0.15) is 0 Å². The monoisotopic (exact) mass is 806 g/mol. The largest absolute Gasteiger partial charge is 0.490 e. The lowest BCUT2D eigenvalue weighted by molar-refractivity contribution is 0.234. The van der Waals surface area contributed by atoms with E-state index in [1.165, 1.54) is 173 Å². The molecule has 0 aliphatic rings. The minimum absolute atomic E-state index is 0.666. The van der Waals surface area contributed by atoms with Gasteiger partial charge in [0.05, 0.1) is 19.8 Å². The molecular weight excluding hydrogens is 723 g/mol. The van der Waals surface area contributed by atoms with E-state index >= 15 is 0 Å². The second-order valence-electron chi connectivity index (χ2n) is 16.4. The minimum atomic E-state index is 0.666. The normalized spacial score (nSPS) is 11.4. The van der Waals surface area contributed by atoms with Crippen molar-refractivity contribution in [1.29, 1.82) is 0 Å². The number of ether oxygens (including phenoxy) is 3. The van der Waals surface area contributed by atoms with Crippen LogP contribution >= 0.6 is 11.3 Å². The molecule has 0 atom stereocenters. The highest BCUT2D eigenvalue weighted by molar-refractivity contribution is 7.17. The number of hydrogen-bond donors (Lipinski definition) is 1. The Hall–Kier alpha value is -2.80. The molecule has 0 amide bonds. The van der Waals surface area contributed by atoms with Crippen LogP contribution in [0.5, 0.6) is 17.2 Å². The molecule has 2 aromatic carbocycles. The van der Waals surface area contributed by atoms with Gasteiger partial charge in [0.25, 0.3) is 0 Å². The molecule has 57 heavy (non-hydrogen) atoms. The fourth-order valence-corrected chi connectivity index (χ4v) is 8.28. The van der Waals surface area contributed by atoms with Gasteiger partial charge in [0.1, 0.15) is 10.0 Å². The molecule has 0 unspecified atom stereocenters. The molecular formula is C50H83N3O3S. The molecule has 0 radical (unpaired) electrons. The second kappa shape index (κ2) is 33.1. The van der Waals surface area contributed by atoms with Crippen LogP contribution in [-0.4, -0.2) is 30.0 Å². The lowest BCUT2D eigenvalue weighted by Crippen LogP contribution is -2.06. The first kappa shape index (κ1) is 48.6. The third-order valence-electron chi connectivity index (χ3n) is 11.1. The molecule has 3 rings (SSSR count). The Morgan fingerprint density at radius 2 is 0.719 bits per heavy atom. The van der Waals surface area contributed by atoms with Crippen LogP contribution in [0.25, 0.3) is 21.1 Å². The number of anilines is 1. The van der Waals surface area contributed by atoms with Crippen LogP contribution in [-0.2, 0) is 0 Å². The molecule has 0 saturated heterocycles. The Bertz CT molecular complexity index is 1330. The summed E-state index contributed by atoms with van der Waals surface area (Å²) in [6, 6.07) is 12.0. The third kappa shape index (κ3) is 22.2. The molecule has 1 aromatic heterocycles. The number of nitrogen functional groups attached to an aromatic ring is 1. The summed E-state index contributed by atoms with van der Waals surface area (Å²) in [6.07, 6.45) is 39.0. The summed E-state index contributed by atoms with van der Waals surface area (Å²) in [6.45, 7) is 8.86. The second-order valence-corrected chi connectivity index (χ2v) is 17.4. The Labute approximate surface area is 353 Å². The van der Waals surface area contributed by atoms with E-state index in [2.05, 4.69) is 43.1 Å². The lowest BCUT2D eigenvalue weighted by atomic mass is 10.1. The van der Waals surface area contributed by atoms with E-state index < -0.39 is 0 Å². The third-order valence-corrected chi connectivity index (χ3v) is 12.1. The van der Waals surface area contributed by atoms with Gasteiger partial charge in [-0.1, -0.05) is 205 Å². The van der Waals surface area contributed by atoms with Crippen molar-refractivity contribution in [1.82, 2.24) is 10.2 Å². The lowest BCUT2D eigenvalue weighted by Gasteiger charge is -2.18. The molecule has 322 valence electrons. The number of nitrogens with zero attached hydrogens (tertiary/aromatic N) is 2. The Morgan fingerprint density at radius 1 is 0.404 bits per heavy atom. The van der Waals surface area contributed by atoms with Gasteiger partial charge in [-0.3, -0.25) is 0 Å². The highest BCUT2D eigenvalue weighted by atomic mass is 32.1. The zero-order valence-electron chi connectivity index (χ0n) is 36.9. The van der Waals surface area contributed by atoms with E-state index in [1.807, 2.05) is 24.3 Å². The van der Waals surface area contributed by atoms with Crippen molar-refractivity contribution in [2.24, 2.45) is 0 Å². The van der Waals surface area contributed by atoms with Crippen molar-refractivity contribution in [2.75, 3.05) is 25.6 Å². The van der Waals surface area contributed by atoms with Gasteiger partial charge in [-0.25, -0.2) is 0 Å². The predicted molar refractivity (Wildman–Crippen MR) is 247 cm³/mol. The maximum atomic E-state index is 6.62. The van der Waals surface area contributed by atoms with Crippen LogP contribution < -0.4 is 19.9 Å². The topological polar surface area (TPSA) is 79.5 Å². The molecule has 0 aliphatic heterocycles. The van der Waals surface area contributed by atoms with E-state index in [-0.39, 0.29) is 0 Å². The van der Waals surface area contributed by atoms with Crippen LogP contribution in [0.15, 0.2) is 36.4 Å². The van der Waals surface area contributed by atoms with Gasteiger partial charge in [-0.15, -0.1) is 10.2 Å². The van der Waals surface area contributed by atoms with E-state index in [0.29, 0.717) is 19.8 Å². The van der Waals surface area contributed by atoms with Gasteiger partial charge in [0.2, 0.25) is 5.75 Å². The van der Waals surface area contributed by atoms with Gasteiger partial charge >= 0.3 is 0 Å². The molecule has 0 fully saturated rings. The minimum Gasteiger partial charge on any atom is -0.490 e. The van der Waals surface area contributed by atoms with Gasteiger partial charge in [0.15, 0.2) is 11.5 Å². The molecule has 3 aromatic rings. The summed E-state index contributed by atoms with van der Waals surface area (Å²) in [4.78, 5) is 0. The first-order valence-corrected chi connectivity index (χ1v) is 24.7. The summed E-state index contributed by atoms with van der Waals surface area (Å²) in [5, 5.41) is 10.9. The Morgan fingerprint density at radius 3 is 1.09 bits per heavy atom. The van der Waals surface area contributed by atoms with E-state index in [4.69, 9.17) is 19.9 Å². The van der Waals surface area contributed by atoms with Crippen molar-refractivity contribution in [3.63, 3.8) is 0 Å². The molecule has 7 heteroatoms. The summed E-state index contributed by atoms with van der Waals surface area (Å²) < 4.78 is 19.8. The highest BCUT2D eigenvalue weighted by Crippen LogP contribution is 2.43. The highest BCUT2D eigenvalue weighted by Gasteiger charge is 2.19. The van der Waals surface area contributed by atoms with Crippen LogP contribution in [0.4, 0.5) is 5.69 Å². The zero-order chi connectivity index (χ0) is 40.4. The number of aromatic nitrogens is 2. The van der Waals surface area contributed by atoms with Crippen LogP contribution in [0.3, 0.4) is 0 Å². The van der Waals surface area contributed by atoms with Gasteiger partial charge in [0, 0.05) is 16.8 Å². The number of unbranched alkanes of at least 4 members (excludes halogenated alkanes) is 27. The summed E-state index contributed by atoms with van der Waals surface area (Å²) in [7, 11) is 0. The van der Waals surface area contributed by atoms with E-state index in [9.17, 15) is 0 Å². The van der Waals surface area contributed by atoms with Crippen LogP contribution in [0.1, 0.15) is 213 Å². The Balaban J connectivity index is 1.66. The molecule has 0 bridgehead atoms. The summed E-state index contributed by atoms with van der Waals surface area (Å²) in [5.41, 5.74) is 8.68. The Kier molecular flexibility index (Phi) is 28.2. The summed E-state index contributed by atoms with van der Waals surface area (Å²) in [5.74, 6) is 2.27. The quantitative estimate of drug-likeness (QED) is 0.0459. The number of rotatable bonds is 38. The van der Waals surface area contributed by atoms with Crippen molar-refractivity contribution in [3.8, 4) is 38.4 Å². The molecule has 2 N–H and O–H groups in total. The van der Waals surface area contributed by atoms with Crippen molar-refractivity contribution in [3.05, 3.63) is 36.4 Å². The SMILES string of the molecule is CCCCCCCCCCCCOc1cc(-c2nnc(-c3ccc(N)cc3)s2)cc(OCCCCCCCCCCCC)c1OCCCCCCCCCCCC. The average Bonchev–Trinajstić information content (AvgIpc) is 3.72. The van der Waals surface area contributed by atoms with E-state index in [1.54, 1.807) is 11.3 Å². The van der Waals surface area contributed by atoms with Crippen molar-refractivity contribution in [2.45, 2.75) is 213 Å². The zero-order valence-corrected chi connectivity index (χ0v) is 37.7. The first-order chi connectivity index (χ1) is 28.2. The maximum Gasteiger partial charge on any atom is 0.203 e. The summed E-state index contributed by atoms with van der Waals surface area (Å²) >= 11 is 1.58. The standard InChI is InChI=1S/C50H83N3O3S/c1-4-7-10-13-16-19-22-25-28-31-38-54-46-41-44(50-53-52-49(57-50)43-34-36-45(51)37-35-43)42-47(55-39-32-29-26-23-20-17-14-11-8-5-2)48(46)56-40-33-30-27-24-21-18-15-12-9-6-3/h34-37,41-42H,4-33,38-40,51H2,1-3H3. The molecule has 0 saturated carbocycles. The van der Waals surface area contributed by atoms with Crippen LogP contribution in [0.2, 0.25) is 0 Å². The first-order valence-electron chi connectivity index (χ1n) is 23.9. The van der Waals surface area contributed by atoms with E-state index in [0.717, 1.165) is 63.3 Å². The molecule has 6 nitrogen and oxygen atoms in total. The fraction of sp³-hybridized carbons (Fsp3) is 0.720. The number of nitrogens with two attached hydrogens (primary N) is 1. The molecule has 1 heterocycles. The van der Waals surface area contributed by atoms with Gasteiger partial charge in [-0.05, 0) is 55.7 Å². The smallest absolute Gasteiger partial charge is 0.203 e. The molecule has 0 aliphatic carbocycles. The van der Waals surface area contributed by atoms with Crippen molar-refractivity contribution >= 4 is 17.0 Å². The van der Waals surface area contributed by atoms with Gasteiger partial charge < -0.3 is 19.9 Å². The number of benzene rings is 2. The maximum absolute atomic E-state index is 6.62. The average molecular weight is 806 g/mol. The van der Waals surface area contributed by atoms with Crippen LogP contribution in [0, 0.1) is 0 Å². The molecule has 0 spiro atoms. The number of hydrogen-bond acceptors (Lipinski definition) is 7. The predicted octanol–water partition coefficient (Wildman–Crippen LogP) is 16.4.